The maximum absolute atomic E-state index is 12.2. The smallest absolute Gasteiger partial charge is 0.226 e. The molecule has 28 heavy (non-hydrogen) atoms. The minimum absolute atomic E-state index is 0.0967. The standard InChI is InChI=1S/C21H20N4OS2/c1-13-14(2)17(11-22)20(23-15(13)3)27-10-9-19(26)25-21-24-18(12-28-21)16-7-5-4-6-8-16/h4-8,12H,9-10H2,1-3H3,(H,24,25,26). The Morgan fingerprint density at radius 3 is 2.64 bits per heavy atom. The molecule has 142 valence electrons. The van der Waals surface area contributed by atoms with Crippen LogP contribution >= 0.6 is 23.1 Å². The van der Waals surface area contributed by atoms with Crippen LogP contribution in [0, 0.1) is 32.1 Å². The Labute approximate surface area is 172 Å². The van der Waals surface area contributed by atoms with Crippen molar-refractivity contribution in [3.8, 4) is 17.3 Å². The van der Waals surface area contributed by atoms with Gasteiger partial charge in [-0.1, -0.05) is 30.3 Å². The van der Waals surface area contributed by atoms with Crippen LogP contribution in [0.3, 0.4) is 0 Å². The highest BCUT2D eigenvalue weighted by Crippen LogP contribution is 2.27. The van der Waals surface area contributed by atoms with Gasteiger partial charge in [-0.3, -0.25) is 4.79 Å². The first-order chi connectivity index (χ1) is 13.5. The first-order valence-electron chi connectivity index (χ1n) is 8.81. The van der Waals surface area contributed by atoms with Gasteiger partial charge in [-0.15, -0.1) is 23.1 Å². The number of hydrogen-bond acceptors (Lipinski definition) is 6. The van der Waals surface area contributed by atoms with E-state index in [1.54, 1.807) is 0 Å². The van der Waals surface area contributed by atoms with Crippen molar-refractivity contribution >= 4 is 34.1 Å². The maximum atomic E-state index is 12.2. The van der Waals surface area contributed by atoms with Crippen LogP contribution in [0.15, 0.2) is 40.7 Å². The van der Waals surface area contributed by atoms with Gasteiger partial charge in [0.2, 0.25) is 5.91 Å². The summed E-state index contributed by atoms with van der Waals surface area (Å²) >= 11 is 2.85. The molecule has 0 saturated carbocycles. The van der Waals surface area contributed by atoms with Gasteiger partial charge in [0.05, 0.1) is 11.3 Å². The minimum atomic E-state index is -0.0967. The predicted molar refractivity (Wildman–Crippen MR) is 115 cm³/mol. The molecular weight excluding hydrogens is 388 g/mol. The number of nitrogens with zero attached hydrogens (tertiary/aromatic N) is 3. The van der Waals surface area contributed by atoms with Crippen LogP contribution in [0.4, 0.5) is 5.13 Å². The van der Waals surface area contributed by atoms with Gasteiger partial charge in [0, 0.05) is 28.8 Å². The summed E-state index contributed by atoms with van der Waals surface area (Å²) in [4.78, 5) is 21.2. The third kappa shape index (κ3) is 4.58. The molecule has 0 atom stereocenters. The number of carbonyl (C=O) groups is 1. The molecule has 0 unspecified atom stereocenters. The second-order valence-corrected chi connectivity index (χ2v) is 8.23. The largest absolute Gasteiger partial charge is 0.302 e. The summed E-state index contributed by atoms with van der Waals surface area (Å²) < 4.78 is 0. The molecule has 1 amide bonds. The third-order valence-electron chi connectivity index (χ3n) is 4.46. The van der Waals surface area contributed by atoms with Crippen LogP contribution in [0.1, 0.15) is 28.8 Å². The fourth-order valence-electron chi connectivity index (χ4n) is 2.64. The first-order valence-corrected chi connectivity index (χ1v) is 10.7. The Morgan fingerprint density at radius 1 is 1.18 bits per heavy atom. The van der Waals surface area contributed by atoms with E-state index in [1.807, 2.05) is 56.5 Å². The molecule has 3 rings (SSSR count). The molecular formula is C21H20N4OS2. The van der Waals surface area contributed by atoms with Gasteiger partial charge in [0.25, 0.3) is 0 Å². The van der Waals surface area contributed by atoms with Gasteiger partial charge < -0.3 is 5.32 Å². The lowest BCUT2D eigenvalue weighted by atomic mass is 10.1. The van der Waals surface area contributed by atoms with Crippen molar-refractivity contribution in [2.45, 2.75) is 32.2 Å². The fourth-order valence-corrected chi connectivity index (χ4v) is 4.40. The highest BCUT2D eigenvalue weighted by atomic mass is 32.2. The average Bonchev–Trinajstić information content (AvgIpc) is 3.15. The highest BCUT2D eigenvalue weighted by molar-refractivity contribution is 7.99. The molecule has 0 fully saturated rings. The summed E-state index contributed by atoms with van der Waals surface area (Å²) in [6.45, 7) is 5.84. The van der Waals surface area contributed by atoms with E-state index in [-0.39, 0.29) is 5.91 Å². The van der Waals surface area contributed by atoms with E-state index in [0.29, 0.717) is 27.9 Å². The molecule has 5 nitrogen and oxygen atoms in total. The molecule has 0 spiro atoms. The Bertz CT molecular complexity index is 1040. The number of aromatic nitrogens is 2. The van der Waals surface area contributed by atoms with Crippen molar-refractivity contribution in [1.82, 2.24) is 9.97 Å². The summed E-state index contributed by atoms with van der Waals surface area (Å²) in [7, 11) is 0. The number of hydrogen-bond donors (Lipinski definition) is 1. The first kappa shape index (κ1) is 20.1. The van der Waals surface area contributed by atoms with Crippen molar-refractivity contribution in [2.24, 2.45) is 0 Å². The summed E-state index contributed by atoms with van der Waals surface area (Å²) in [5, 5.41) is 15.5. The molecule has 1 N–H and O–H groups in total. The van der Waals surface area contributed by atoms with Crippen LogP contribution in [0.5, 0.6) is 0 Å². The maximum Gasteiger partial charge on any atom is 0.226 e. The quantitative estimate of drug-likeness (QED) is 0.573. The number of pyridine rings is 1. The average molecular weight is 409 g/mol. The summed E-state index contributed by atoms with van der Waals surface area (Å²) in [5.41, 5.74) is 5.38. The second kappa shape index (κ2) is 9.00. The van der Waals surface area contributed by atoms with Gasteiger partial charge in [-0.2, -0.15) is 5.26 Å². The fraction of sp³-hybridized carbons (Fsp3) is 0.238. The Kier molecular flexibility index (Phi) is 6.45. The monoisotopic (exact) mass is 408 g/mol. The van der Waals surface area contributed by atoms with Crippen molar-refractivity contribution in [3.63, 3.8) is 0 Å². The van der Waals surface area contributed by atoms with E-state index in [9.17, 15) is 10.1 Å². The van der Waals surface area contributed by atoms with Crippen molar-refractivity contribution in [3.05, 3.63) is 58.1 Å². The molecule has 0 radical (unpaired) electrons. The Hall–Kier alpha value is -2.69. The van der Waals surface area contributed by atoms with Gasteiger partial charge in [0.1, 0.15) is 11.1 Å². The zero-order valence-corrected chi connectivity index (χ0v) is 17.6. The molecule has 3 aromatic rings. The van der Waals surface area contributed by atoms with Crippen molar-refractivity contribution < 1.29 is 4.79 Å². The van der Waals surface area contributed by atoms with Gasteiger partial charge in [-0.25, -0.2) is 9.97 Å². The second-order valence-electron chi connectivity index (χ2n) is 6.29. The summed E-state index contributed by atoms with van der Waals surface area (Å²) in [5.74, 6) is 0.451. The highest BCUT2D eigenvalue weighted by Gasteiger charge is 2.14. The van der Waals surface area contributed by atoms with Crippen LogP contribution in [0.2, 0.25) is 0 Å². The van der Waals surface area contributed by atoms with Crippen LogP contribution in [-0.2, 0) is 4.79 Å². The number of benzene rings is 1. The lowest BCUT2D eigenvalue weighted by Gasteiger charge is -2.10. The third-order valence-corrected chi connectivity index (χ3v) is 6.20. The Morgan fingerprint density at radius 2 is 1.93 bits per heavy atom. The van der Waals surface area contributed by atoms with Crippen LogP contribution in [0.25, 0.3) is 11.3 Å². The van der Waals surface area contributed by atoms with E-state index >= 15 is 0 Å². The van der Waals surface area contributed by atoms with E-state index in [0.717, 1.165) is 28.1 Å². The van der Waals surface area contributed by atoms with Gasteiger partial charge in [-0.05, 0) is 31.9 Å². The zero-order valence-electron chi connectivity index (χ0n) is 15.9. The lowest BCUT2D eigenvalue weighted by molar-refractivity contribution is -0.115. The van der Waals surface area contributed by atoms with E-state index < -0.39 is 0 Å². The van der Waals surface area contributed by atoms with E-state index in [2.05, 4.69) is 21.4 Å². The molecule has 0 bridgehead atoms. The molecule has 1 aromatic carbocycles. The van der Waals surface area contributed by atoms with Gasteiger partial charge >= 0.3 is 0 Å². The van der Waals surface area contributed by atoms with E-state index in [4.69, 9.17) is 0 Å². The molecule has 0 aliphatic carbocycles. The Balaban J connectivity index is 1.58. The number of thioether (sulfide) groups is 1. The molecule has 0 aliphatic rings. The zero-order chi connectivity index (χ0) is 20.1. The van der Waals surface area contributed by atoms with E-state index in [1.165, 1.54) is 23.1 Å². The number of amides is 1. The topological polar surface area (TPSA) is 78.7 Å². The normalized spacial score (nSPS) is 10.5. The van der Waals surface area contributed by atoms with Crippen LogP contribution in [-0.4, -0.2) is 21.6 Å². The minimum Gasteiger partial charge on any atom is -0.302 e. The summed E-state index contributed by atoms with van der Waals surface area (Å²) in [6.07, 6.45) is 0.323. The molecule has 2 heterocycles. The SMILES string of the molecule is Cc1nc(SCCC(=O)Nc2nc(-c3ccccc3)cs2)c(C#N)c(C)c1C. The number of nitriles is 1. The molecule has 0 aliphatic heterocycles. The molecule has 0 saturated heterocycles. The number of nitrogens with one attached hydrogen (secondary N) is 1. The number of anilines is 1. The van der Waals surface area contributed by atoms with Crippen molar-refractivity contribution in [1.29, 1.82) is 5.26 Å². The van der Waals surface area contributed by atoms with Crippen LogP contribution < -0.4 is 5.32 Å². The number of rotatable bonds is 6. The molecule has 7 heteroatoms. The molecule has 2 aromatic heterocycles. The lowest BCUT2D eigenvalue weighted by Crippen LogP contribution is -2.12. The van der Waals surface area contributed by atoms with Crippen molar-refractivity contribution in [2.75, 3.05) is 11.1 Å². The summed E-state index contributed by atoms with van der Waals surface area (Å²) in [6, 6.07) is 12.1. The predicted octanol–water partition coefficient (Wildman–Crippen LogP) is 5.12. The number of carbonyl (C=O) groups excluding carboxylic acids is 1. The van der Waals surface area contributed by atoms with Gasteiger partial charge in [0.15, 0.2) is 5.13 Å². The number of aryl methyl sites for hydroxylation is 1. The number of thiazole rings is 1.